The Bertz CT molecular complexity index is 169. The van der Waals surface area contributed by atoms with E-state index in [9.17, 15) is 22.4 Å². The SMILES string of the molecule is CSC(F)(F)C(F)(F)C(=O)O. The highest BCUT2D eigenvalue weighted by Crippen LogP contribution is 2.41. The van der Waals surface area contributed by atoms with Crippen LogP contribution in [0.4, 0.5) is 17.6 Å². The fourth-order valence-corrected chi connectivity index (χ4v) is 0.596. The maximum Gasteiger partial charge on any atom is 0.413 e. The lowest BCUT2D eigenvalue weighted by molar-refractivity contribution is -0.195. The summed E-state index contributed by atoms with van der Waals surface area (Å²) in [5.74, 6) is -7.83. The lowest BCUT2D eigenvalue weighted by Gasteiger charge is -2.19. The molecule has 66 valence electrons. The third-order valence-electron chi connectivity index (χ3n) is 0.890. The van der Waals surface area contributed by atoms with Crippen LogP contribution in [0.15, 0.2) is 0 Å². The lowest BCUT2D eigenvalue weighted by atomic mass is 10.3. The summed E-state index contributed by atoms with van der Waals surface area (Å²) < 4.78 is 47.9. The van der Waals surface area contributed by atoms with Crippen molar-refractivity contribution in [3.8, 4) is 0 Å². The monoisotopic (exact) mass is 192 g/mol. The van der Waals surface area contributed by atoms with Gasteiger partial charge in [-0.25, -0.2) is 4.79 Å². The first-order chi connectivity index (χ1) is 4.75. The van der Waals surface area contributed by atoms with Gasteiger partial charge in [-0.1, -0.05) is 11.8 Å². The fourth-order valence-electron chi connectivity index (χ4n) is 0.253. The van der Waals surface area contributed by atoms with Gasteiger partial charge in [-0.2, -0.15) is 17.6 Å². The van der Waals surface area contributed by atoms with Crippen LogP contribution in [0.1, 0.15) is 0 Å². The molecule has 0 aliphatic carbocycles. The van der Waals surface area contributed by atoms with E-state index in [1.165, 1.54) is 0 Å². The Morgan fingerprint density at radius 3 is 1.82 bits per heavy atom. The molecule has 0 aromatic carbocycles. The molecule has 7 heteroatoms. The van der Waals surface area contributed by atoms with Gasteiger partial charge in [0, 0.05) is 0 Å². The van der Waals surface area contributed by atoms with Crippen LogP contribution >= 0.6 is 11.8 Å². The van der Waals surface area contributed by atoms with Crippen LogP contribution in [0.3, 0.4) is 0 Å². The zero-order valence-corrected chi connectivity index (χ0v) is 6.09. The van der Waals surface area contributed by atoms with Gasteiger partial charge in [-0.15, -0.1) is 0 Å². The number of aliphatic carboxylic acids is 1. The number of carbonyl (C=O) groups is 1. The van der Waals surface area contributed by atoms with Gasteiger partial charge < -0.3 is 5.11 Å². The highest BCUT2D eigenvalue weighted by atomic mass is 32.2. The van der Waals surface area contributed by atoms with Crippen molar-refractivity contribution in [2.75, 3.05) is 6.26 Å². The quantitative estimate of drug-likeness (QED) is 0.691. The van der Waals surface area contributed by atoms with Crippen molar-refractivity contribution in [1.29, 1.82) is 0 Å². The highest BCUT2D eigenvalue weighted by Gasteiger charge is 2.62. The normalized spacial score (nSPS) is 13.2. The molecule has 0 fully saturated rings. The van der Waals surface area contributed by atoms with Gasteiger partial charge in [0.25, 0.3) is 0 Å². The first-order valence-corrected chi connectivity index (χ1v) is 3.52. The number of carboxylic acids is 1. The predicted octanol–water partition coefficient (Wildman–Crippen LogP) is 1.66. The molecule has 0 bridgehead atoms. The van der Waals surface area contributed by atoms with E-state index in [0.29, 0.717) is 6.26 Å². The molecule has 0 spiro atoms. The molecule has 1 N–H and O–H groups in total. The maximum atomic E-state index is 12.0. The summed E-state index contributed by atoms with van der Waals surface area (Å²) in [5.41, 5.74) is 0. The zero-order valence-electron chi connectivity index (χ0n) is 5.28. The van der Waals surface area contributed by atoms with Gasteiger partial charge in [-0.3, -0.25) is 0 Å². The average Bonchev–Trinajstić information content (AvgIpc) is 1.87. The second-order valence-corrected chi connectivity index (χ2v) is 2.52. The second kappa shape index (κ2) is 2.88. The molecule has 0 rings (SSSR count). The minimum Gasteiger partial charge on any atom is -0.477 e. The van der Waals surface area contributed by atoms with Crippen molar-refractivity contribution in [3.05, 3.63) is 0 Å². The van der Waals surface area contributed by atoms with E-state index in [4.69, 9.17) is 5.11 Å². The standard InChI is InChI=1S/C4H4F4O2S/c1-11-4(7,8)3(5,6)2(9)10/h1H3,(H,9,10). The van der Waals surface area contributed by atoms with Crippen LogP contribution in [0, 0.1) is 0 Å². The summed E-state index contributed by atoms with van der Waals surface area (Å²) in [6.07, 6.45) is 0.705. The first-order valence-electron chi connectivity index (χ1n) is 2.30. The van der Waals surface area contributed by atoms with Gasteiger partial charge in [0.15, 0.2) is 0 Å². The Morgan fingerprint density at radius 1 is 1.36 bits per heavy atom. The van der Waals surface area contributed by atoms with Crippen molar-refractivity contribution in [2.24, 2.45) is 0 Å². The summed E-state index contributed by atoms with van der Waals surface area (Å²) in [7, 11) is 0. The molecule has 0 saturated carbocycles. The predicted molar refractivity (Wildman–Crippen MR) is 31.0 cm³/mol. The van der Waals surface area contributed by atoms with E-state index >= 15 is 0 Å². The Kier molecular flexibility index (Phi) is 2.76. The first kappa shape index (κ1) is 10.5. The maximum absolute atomic E-state index is 12.0. The lowest BCUT2D eigenvalue weighted by Crippen LogP contribution is -2.44. The van der Waals surface area contributed by atoms with E-state index in [1.807, 2.05) is 0 Å². The van der Waals surface area contributed by atoms with Crippen LogP contribution in [-0.2, 0) is 4.79 Å². The molecule has 0 aliphatic rings. The fraction of sp³-hybridized carbons (Fsp3) is 0.750. The van der Waals surface area contributed by atoms with Gasteiger partial charge in [0.2, 0.25) is 0 Å². The Hall–Kier alpha value is -0.460. The molecule has 0 aromatic heterocycles. The Morgan fingerprint density at radius 2 is 1.73 bits per heavy atom. The largest absolute Gasteiger partial charge is 0.477 e. The summed E-state index contributed by atoms with van der Waals surface area (Å²) in [6, 6.07) is 0. The molecular formula is C4H4F4O2S. The van der Waals surface area contributed by atoms with Crippen LogP contribution in [0.2, 0.25) is 0 Å². The number of rotatable bonds is 3. The Balaban J connectivity index is 4.67. The molecule has 0 atom stereocenters. The summed E-state index contributed by atoms with van der Waals surface area (Å²) in [5, 5.41) is 3.11. The van der Waals surface area contributed by atoms with Gasteiger partial charge >= 0.3 is 17.1 Å². The third-order valence-corrected chi connectivity index (χ3v) is 1.66. The van der Waals surface area contributed by atoms with E-state index in [1.54, 1.807) is 0 Å². The number of carboxylic acid groups (broad SMARTS) is 1. The molecule has 11 heavy (non-hydrogen) atoms. The van der Waals surface area contributed by atoms with Crippen LogP contribution in [0.5, 0.6) is 0 Å². The van der Waals surface area contributed by atoms with E-state index in [2.05, 4.69) is 0 Å². The number of hydrogen-bond donors (Lipinski definition) is 1. The third kappa shape index (κ3) is 1.76. The molecule has 0 saturated heterocycles. The van der Waals surface area contributed by atoms with Crippen molar-refractivity contribution in [3.63, 3.8) is 0 Å². The summed E-state index contributed by atoms with van der Waals surface area (Å²) in [6.45, 7) is 0. The van der Waals surface area contributed by atoms with Crippen molar-refractivity contribution in [1.82, 2.24) is 0 Å². The van der Waals surface area contributed by atoms with Gasteiger partial charge in [0.05, 0.1) is 0 Å². The molecule has 2 nitrogen and oxygen atoms in total. The molecular weight excluding hydrogens is 188 g/mol. The Labute approximate surface area is 63.6 Å². The smallest absolute Gasteiger partial charge is 0.413 e. The molecule has 0 radical (unpaired) electrons. The number of thioether (sulfide) groups is 1. The number of hydrogen-bond acceptors (Lipinski definition) is 2. The summed E-state index contributed by atoms with van der Waals surface area (Å²) >= 11 is -0.502. The zero-order chi connectivity index (χ0) is 9.28. The van der Waals surface area contributed by atoms with E-state index in [0.717, 1.165) is 0 Å². The van der Waals surface area contributed by atoms with E-state index in [-0.39, 0.29) is 0 Å². The second-order valence-electron chi connectivity index (χ2n) is 1.60. The molecule has 0 aliphatic heterocycles. The minimum absolute atomic E-state index is 0.502. The topological polar surface area (TPSA) is 37.3 Å². The number of alkyl halides is 4. The molecule has 0 aromatic rings. The summed E-state index contributed by atoms with van der Waals surface area (Å²) in [4.78, 5) is 9.58. The van der Waals surface area contributed by atoms with Crippen LogP contribution in [0.25, 0.3) is 0 Å². The molecule has 0 unspecified atom stereocenters. The van der Waals surface area contributed by atoms with Crippen molar-refractivity contribution < 1.29 is 27.5 Å². The van der Waals surface area contributed by atoms with Gasteiger partial charge in [0.1, 0.15) is 0 Å². The van der Waals surface area contributed by atoms with Gasteiger partial charge in [-0.05, 0) is 6.26 Å². The molecule has 0 amide bonds. The van der Waals surface area contributed by atoms with Crippen LogP contribution < -0.4 is 0 Å². The average molecular weight is 192 g/mol. The van der Waals surface area contributed by atoms with E-state index < -0.39 is 28.9 Å². The van der Waals surface area contributed by atoms with Crippen molar-refractivity contribution >= 4 is 17.7 Å². The van der Waals surface area contributed by atoms with Crippen molar-refractivity contribution in [2.45, 2.75) is 11.2 Å². The molecule has 0 heterocycles. The highest BCUT2D eigenvalue weighted by molar-refractivity contribution is 7.99. The number of halogens is 4. The van der Waals surface area contributed by atoms with Crippen LogP contribution in [-0.4, -0.2) is 28.5 Å². The minimum atomic E-state index is -5.01.